The number of hydrogen-bond acceptors (Lipinski definition) is 5. The molecule has 8 heteroatoms. The number of sulfonamides is 1. The maximum absolute atomic E-state index is 13.0. The van der Waals surface area contributed by atoms with E-state index in [0.29, 0.717) is 25.9 Å². The molecule has 0 aromatic carbocycles. The number of nitrogens with two attached hydrogens (primary N) is 1. The molecule has 4 atom stereocenters. The Kier molecular flexibility index (Phi) is 7.11. The van der Waals surface area contributed by atoms with E-state index >= 15 is 0 Å². The zero-order chi connectivity index (χ0) is 15.6. The Morgan fingerprint density at radius 2 is 1.95 bits per heavy atom. The van der Waals surface area contributed by atoms with Gasteiger partial charge in [-0.25, -0.2) is 8.42 Å². The van der Waals surface area contributed by atoms with Gasteiger partial charge < -0.3 is 10.5 Å². The van der Waals surface area contributed by atoms with Crippen molar-refractivity contribution >= 4 is 28.4 Å². The van der Waals surface area contributed by atoms with Crippen LogP contribution in [0, 0.1) is 11.8 Å². The van der Waals surface area contributed by atoms with E-state index in [0.717, 1.165) is 19.3 Å². The molecule has 0 radical (unpaired) electrons. The number of carbonyl (C=O) groups excluding carboxylic acids is 1. The van der Waals surface area contributed by atoms with Crippen LogP contribution in [0.2, 0.25) is 0 Å². The van der Waals surface area contributed by atoms with Gasteiger partial charge in [-0.05, 0) is 38.6 Å². The van der Waals surface area contributed by atoms with E-state index in [2.05, 4.69) is 0 Å². The van der Waals surface area contributed by atoms with Crippen molar-refractivity contribution in [1.29, 1.82) is 0 Å². The van der Waals surface area contributed by atoms with Crippen LogP contribution in [0.25, 0.3) is 0 Å². The van der Waals surface area contributed by atoms with E-state index in [1.807, 2.05) is 6.92 Å². The molecule has 0 aromatic heterocycles. The lowest BCUT2D eigenvalue weighted by atomic mass is 9.89. The number of methoxy groups -OCH3 is 1. The standard InChI is InChI=1S/C14H26N2O4S.ClH/c1-10-7-11(8-15)9-16(10)21(18,19)13-6-4-3-5-12(13)14(17)20-2;/h10-13H,3-9,15H2,1-2H3;1H. The molecule has 0 amide bonds. The third-order valence-electron chi connectivity index (χ3n) is 4.85. The summed E-state index contributed by atoms with van der Waals surface area (Å²) < 4.78 is 32.3. The van der Waals surface area contributed by atoms with Gasteiger partial charge in [0.2, 0.25) is 10.0 Å². The van der Waals surface area contributed by atoms with Crippen molar-refractivity contribution in [1.82, 2.24) is 4.31 Å². The molecule has 1 heterocycles. The van der Waals surface area contributed by atoms with E-state index in [4.69, 9.17) is 10.5 Å². The Morgan fingerprint density at radius 3 is 2.50 bits per heavy atom. The number of hydrogen-bond donors (Lipinski definition) is 1. The maximum atomic E-state index is 13.0. The van der Waals surface area contributed by atoms with Gasteiger partial charge in [-0.1, -0.05) is 12.8 Å². The molecule has 1 saturated carbocycles. The van der Waals surface area contributed by atoms with Gasteiger partial charge in [0.1, 0.15) is 0 Å². The van der Waals surface area contributed by atoms with Crippen LogP contribution < -0.4 is 5.73 Å². The second-order valence-electron chi connectivity index (χ2n) is 6.25. The highest BCUT2D eigenvalue weighted by atomic mass is 35.5. The second kappa shape index (κ2) is 7.95. The van der Waals surface area contributed by atoms with Gasteiger partial charge in [-0.3, -0.25) is 4.79 Å². The van der Waals surface area contributed by atoms with Crippen molar-refractivity contribution in [3.63, 3.8) is 0 Å². The van der Waals surface area contributed by atoms with Gasteiger partial charge in [-0.2, -0.15) is 4.31 Å². The highest BCUT2D eigenvalue weighted by Gasteiger charge is 2.46. The number of halogens is 1. The van der Waals surface area contributed by atoms with Crippen LogP contribution in [0.1, 0.15) is 39.0 Å². The average Bonchev–Trinajstić information content (AvgIpc) is 2.88. The first kappa shape index (κ1) is 19.7. The minimum absolute atomic E-state index is 0. The predicted octanol–water partition coefficient (Wildman–Crippen LogP) is 1.14. The Morgan fingerprint density at radius 1 is 1.32 bits per heavy atom. The van der Waals surface area contributed by atoms with Gasteiger partial charge in [-0.15, -0.1) is 12.4 Å². The van der Waals surface area contributed by atoms with Gasteiger partial charge in [0.15, 0.2) is 0 Å². The summed E-state index contributed by atoms with van der Waals surface area (Å²) in [6.45, 7) is 2.90. The molecule has 2 rings (SSSR count). The van der Waals surface area contributed by atoms with Crippen molar-refractivity contribution in [3.05, 3.63) is 0 Å². The molecule has 4 unspecified atom stereocenters. The lowest BCUT2D eigenvalue weighted by Crippen LogP contribution is -2.47. The predicted molar refractivity (Wildman–Crippen MR) is 87.3 cm³/mol. The SMILES string of the molecule is COC(=O)C1CCCCC1S(=O)(=O)N1CC(CN)CC1C.Cl. The number of esters is 1. The number of rotatable bonds is 4. The van der Waals surface area contributed by atoms with Crippen LogP contribution in [0.15, 0.2) is 0 Å². The van der Waals surface area contributed by atoms with Crippen LogP contribution in [-0.2, 0) is 19.6 Å². The van der Waals surface area contributed by atoms with Crippen molar-refractivity contribution in [3.8, 4) is 0 Å². The fourth-order valence-corrected chi connectivity index (χ4v) is 6.16. The quantitative estimate of drug-likeness (QED) is 0.764. The van der Waals surface area contributed by atoms with Crippen LogP contribution in [0.5, 0.6) is 0 Å². The summed E-state index contributed by atoms with van der Waals surface area (Å²) in [6.07, 6.45) is 3.66. The molecule has 22 heavy (non-hydrogen) atoms. The molecular weight excluding hydrogens is 328 g/mol. The number of carbonyl (C=O) groups is 1. The van der Waals surface area contributed by atoms with E-state index in [1.54, 1.807) is 4.31 Å². The van der Waals surface area contributed by atoms with Crippen molar-refractivity contribution in [2.45, 2.75) is 50.3 Å². The summed E-state index contributed by atoms with van der Waals surface area (Å²) in [6, 6.07) is -0.0382. The van der Waals surface area contributed by atoms with E-state index in [9.17, 15) is 13.2 Å². The molecule has 0 aromatic rings. The molecule has 1 aliphatic carbocycles. The third kappa shape index (κ3) is 3.75. The molecule has 0 bridgehead atoms. The smallest absolute Gasteiger partial charge is 0.310 e. The molecule has 130 valence electrons. The van der Waals surface area contributed by atoms with Gasteiger partial charge >= 0.3 is 5.97 Å². The van der Waals surface area contributed by atoms with Crippen LogP contribution in [-0.4, -0.2) is 50.2 Å². The molecule has 2 aliphatic rings. The Labute approximate surface area is 139 Å². The summed E-state index contributed by atoms with van der Waals surface area (Å²) in [5.41, 5.74) is 5.68. The fourth-order valence-electron chi connectivity index (χ4n) is 3.68. The van der Waals surface area contributed by atoms with Crippen LogP contribution in [0.4, 0.5) is 0 Å². The number of nitrogens with zero attached hydrogens (tertiary/aromatic N) is 1. The first-order valence-electron chi connectivity index (χ1n) is 7.70. The normalized spacial score (nSPS) is 33.2. The summed E-state index contributed by atoms with van der Waals surface area (Å²) in [7, 11) is -2.16. The molecule has 1 saturated heterocycles. The molecular formula is C14H27ClN2O4S. The van der Waals surface area contributed by atoms with Gasteiger partial charge in [0.05, 0.1) is 18.3 Å². The monoisotopic (exact) mass is 354 g/mol. The van der Waals surface area contributed by atoms with E-state index in [1.165, 1.54) is 7.11 Å². The highest BCUT2D eigenvalue weighted by Crippen LogP contribution is 2.35. The maximum Gasteiger partial charge on any atom is 0.310 e. The minimum atomic E-state index is -3.48. The minimum Gasteiger partial charge on any atom is -0.469 e. The van der Waals surface area contributed by atoms with Crippen molar-refractivity contribution in [2.24, 2.45) is 17.6 Å². The lowest BCUT2D eigenvalue weighted by molar-refractivity contribution is -0.146. The summed E-state index contributed by atoms with van der Waals surface area (Å²) in [5, 5.41) is -0.641. The Bertz CT molecular complexity index is 485. The number of ether oxygens (including phenoxy) is 1. The summed E-state index contributed by atoms with van der Waals surface area (Å²) >= 11 is 0. The lowest BCUT2D eigenvalue weighted by Gasteiger charge is -2.33. The molecule has 6 nitrogen and oxygen atoms in total. The van der Waals surface area contributed by atoms with E-state index < -0.39 is 27.2 Å². The molecule has 1 aliphatic heterocycles. The zero-order valence-electron chi connectivity index (χ0n) is 13.2. The van der Waals surface area contributed by atoms with Crippen LogP contribution in [0.3, 0.4) is 0 Å². The van der Waals surface area contributed by atoms with Gasteiger partial charge in [0, 0.05) is 12.6 Å². The third-order valence-corrected chi connectivity index (χ3v) is 7.35. The fraction of sp³-hybridized carbons (Fsp3) is 0.929. The Hall–Kier alpha value is -0.370. The van der Waals surface area contributed by atoms with Gasteiger partial charge in [0.25, 0.3) is 0 Å². The summed E-state index contributed by atoms with van der Waals surface area (Å²) in [5.74, 6) is -0.710. The summed E-state index contributed by atoms with van der Waals surface area (Å²) in [4.78, 5) is 11.9. The van der Waals surface area contributed by atoms with Crippen molar-refractivity contribution < 1.29 is 17.9 Å². The molecule has 0 spiro atoms. The topological polar surface area (TPSA) is 89.7 Å². The molecule has 2 N–H and O–H groups in total. The first-order chi connectivity index (χ1) is 9.91. The Balaban J connectivity index is 0.00000242. The first-order valence-corrected chi connectivity index (χ1v) is 9.20. The highest BCUT2D eigenvalue weighted by molar-refractivity contribution is 7.89. The average molecular weight is 355 g/mol. The second-order valence-corrected chi connectivity index (χ2v) is 8.36. The van der Waals surface area contributed by atoms with Crippen molar-refractivity contribution in [2.75, 3.05) is 20.2 Å². The van der Waals surface area contributed by atoms with E-state index in [-0.39, 0.29) is 24.4 Å². The zero-order valence-corrected chi connectivity index (χ0v) is 14.9. The largest absolute Gasteiger partial charge is 0.469 e. The van der Waals surface area contributed by atoms with Crippen LogP contribution >= 0.6 is 12.4 Å². The molecule has 2 fully saturated rings.